The molecule has 0 spiro atoms. The van der Waals surface area contributed by atoms with Crippen LogP contribution in [-0.4, -0.2) is 41.8 Å². The predicted molar refractivity (Wildman–Crippen MR) is 145 cm³/mol. The zero-order valence-electron chi connectivity index (χ0n) is 22.1. The molecule has 2 aromatic rings. The van der Waals surface area contributed by atoms with Gasteiger partial charge in [0.05, 0.1) is 11.9 Å². The molecule has 0 unspecified atom stereocenters. The number of allylic oxidation sites excluding steroid dienone is 4. The quantitative estimate of drug-likeness (QED) is 0.320. The lowest BCUT2D eigenvalue weighted by Crippen LogP contribution is -2.28. The number of aryl methyl sites for hydroxylation is 2. The highest BCUT2D eigenvalue weighted by Crippen LogP contribution is 2.32. The second-order valence-electron chi connectivity index (χ2n) is 8.22. The molecule has 1 aromatic carbocycles. The molecule has 198 valence electrons. The van der Waals surface area contributed by atoms with Gasteiger partial charge in [-0.1, -0.05) is 32.1 Å². The number of rotatable bonds is 7. The third kappa shape index (κ3) is 8.34. The van der Waals surface area contributed by atoms with Gasteiger partial charge in [0, 0.05) is 31.8 Å². The molecule has 0 bridgehead atoms. The molecule has 1 aromatic heterocycles. The number of benzene rings is 1. The van der Waals surface area contributed by atoms with Gasteiger partial charge in [0.25, 0.3) is 5.91 Å². The fourth-order valence-electron chi connectivity index (χ4n) is 3.45. The van der Waals surface area contributed by atoms with E-state index in [0.717, 1.165) is 27.8 Å². The van der Waals surface area contributed by atoms with E-state index >= 15 is 0 Å². The summed E-state index contributed by atoms with van der Waals surface area (Å²) in [4.78, 5) is 18.7. The van der Waals surface area contributed by atoms with Gasteiger partial charge in [-0.25, -0.2) is 9.99 Å². The van der Waals surface area contributed by atoms with Gasteiger partial charge in [0.2, 0.25) is 0 Å². The number of amides is 1. The first-order valence-corrected chi connectivity index (χ1v) is 12.1. The second-order valence-corrected chi connectivity index (χ2v) is 8.22. The van der Waals surface area contributed by atoms with Crippen LogP contribution in [-0.2, 0) is 0 Å². The topological polar surface area (TPSA) is 60.8 Å². The largest absolute Gasteiger partial charge is 0.433 e. The number of hydrogen-bond acceptors (Lipinski definition) is 5. The predicted octanol–water partition coefficient (Wildman–Crippen LogP) is 7.01. The summed E-state index contributed by atoms with van der Waals surface area (Å²) in [5.41, 5.74) is 2.72. The van der Waals surface area contributed by atoms with Crippen LogP contribution in [0.4, 0.5) is 24.7 Å². The summed E-state index contributed by atoms with van der Waals surface area (Å²) in [5.74, 6) is -0.135. The van der Waals surface area contributed by atoms with Crippen LogP contribution in [0, 0.1) is 13.8 Å². The van der Waals surface area contributed by atoms with Crippen LogP contribution in [0.1, 0.15) is 48.7 Å². The highest BCUT2D eigenvalue weighted by Gasteiger charge is 2.38. The fraction of sp³-hybridized carbons (Fsp3) is 0.321. The van der Waals surface area contributed by atoms with Gasteiger partial charge in [0.1, 0.15) is 11.5 Å². The van der Waals surface area contributed by atoms with Crippen LogP contribution < -0.4 is 10.3 Å². The first-order chi connectivity index (χ1) is 17.6. The van der Waals surface area contributed by atoms with Crippen molar-refractivity contribution in [2.24, 2.45) is 5.10 Å². The maximum Gasteiger partial charge on any atom is 0.433 e. The maximum absolute atomic E-state index is 13.7. The molecule has 1 amide bonds. The summed E-state index contributed by atoms with van der Waals surface area (Å²) in [6.45, 7) is 9.84. The third-order valence-electron chi connectivity index (χ3n) is 5.47. The van der Waals surface area contributed by atoms with Gasteiger partial charge in [-0.3, -0.25) is 4.79 Å². The first kappa shape index (κ1) is 29.4. The van der Waals surface area contributed by atoms with Crippen molar-refractivity contribution in [3.05, 3.63) is 88.9 Å². The number of hydrogen-bond donors (Lipinski definition) is 1. The Morgan fingerprint density at radius 1 is 1.19 bits per heavy atom. The lowest BCUT2D eigenvalue weighted by molar-refractivity contribution is -0.0935. The van der Waals surface area contributed by atoms with E-state index in [9.17, 15) is 18.0 Å². The smallest absolute Gasteiger partial charge is 0.376 e. The number of carbonyl (C=O) groups is 1. The summed E-state index contributed by atoms with van der Waals surface area (Å²) in [5, 5.41) is 7.60. The van der Waals surface area contributed by atoms with E-state index in [0.29, 0.717) is 18.5 Å². The highest BCUT2D eigenvalue weighted by atomic mass is 19.4. The number of pyridine rings is 1. The van der Waals surface area contributed by atoms with Crippen molar-refractivity contribution in [1.82, 2.24) is 9.88 Å². The van der Waals surface area contributed by atoms with Crippen molar-refractivity contribution in [3.8, 4) is 0 Å². The number of halogens is 3. The minimum absolute atomic E-state index is 0.116. The Kier molecular flexibility index (Phi) is 10.7. The Morgan fingerprint density at radius 2 is 1.92 bits per heavy atom. The number of carbonyl (C=O) groups excluding carboxylic acids is 1. The number of alkyl halides is 3. The van der Waals surface area contributed by atoms with E-state index in [1.165, 1.54) is 31.5 Å². The SMILES string of the molecule is C/C=C(\N(/N=C/CC1=CC=CN(C)C1)c1ccc(NC(=O)c2ccc(C)c(C)c2)nc1)C(F)(F)F.CC. The van der Waals surface area contributed by atoms with Crippen molar-refractivity contribution >= 4 is 23.6 Å². The summed E-state index contributed by atoms with van der Waals surface area (Å²) in [7, 11) is 1.92. The number of aromatic nitrogens is 1. The number of nitrogens with zero attached hydrogens (tertiary/aromatic N) is 4. The van der Waals surface area contributed by atoms with Crippen LogP contribution >= 0.6 is 0 Å². The molecule has 0 atom stereocenters. The minimum Gasteiger partial charge on any atom is -0.376 e. The zero-order valence-corrected chi connectivity index (χ0v) is 22.1. The standard InChI is InChI=1S/C26H28F3N5O.C2H6/c1-5-23(26(27,28)29)34(31-13-12-20-7-6-14-33(4)17-20)22-10-11-24(30-16-22)32-25(35)21-9-8-18(2)19(3)15-21;1-2/h5-11,13-16H,12,17H2,1-4H3,(H,30,32,35);1-2H3/b23-5-,31-13+;. The van der Waals surface area contributed by atoms with Crippen LogP contribution in [0.3, 0.4) is 0 Å². The average Bonchev–Trinajstić information content (AvgIpc) is 2.86. The summed E-state index contributed by atoms with van der Waals surface area (Å²) in [6.07, 6.45) is 5.16. The van der Waals surface area contributed by atoms with Gasteiger partial charge in [-0.2, -0.15) is 18.3 Å². The van der Waals surface area contributed by atoms with Gasteiger partial charge in [0.15, 0.2) is 0 Å². The first-order valence-electron chi connectivity index (χ1n) is 12.1. The molecule has 0 fully saturated rings. The molecule has 9 heteroatoms. The molecule has 0 saturated carbocycles. The molecule has 3 rings (SSSR count). The summed E-state index contributed by atoms with van der Waals surface area (Å²) >= 11 is 0. The van der Waals surface area contributed by atoms with E-state index in [1.54, 1.807) is 12.1 Å². The second kappa shape index (κ2) is 13.4. The van der Waals surface area contributed by atoms with Crippen molar-refractivity contribution in [3.63, 3.8) is 0 Å². The molecule has 37 heavy (non-hydrogen) atoms. The van der Waals surface area contributed by atoms with Crippen molar-refractivity contribution < 1.29 is 18.0 Å². The molecule has 1 N–H and O–H groups in total. The monoisotopic (exact) mass is 513 g/mol. The molecule has 0 radical (unpaired) electrons. The zero-order chi connectivity index (χ0) is 27.6. The molecule has 6 nitrogen and oxygen atoms in total. The minimum atomic E-state index is -4.62. The van der Waals surface area contributed by atoms with Crippen molar-refractivity contribution in [2.45, 2.75) is 47.2 Å². The van der Waals surface area contributed by atoms with Gasteiger partial charge < -0.3 is 10.2 Å². The average molecular weight is 514 g/mol. The van der Waals surface area contributed by atoms with Crippen molar-refractivity contribution in [1.29, 1.82) is 0 Å². The van der Waals surface area contributed by atoms with Crippen molar-refractivity contribution in [2.75, 3.05) is 23.9 Å². The Morgan fingerprint density at radius 3 is 2.49 bits per heavy atom. The Hall–Kier alpha value is -3.88. The van der Waals surface area contributed by atoms with E-state index < -0.39 is 11.9 Å². The van der Waals surface area contributed by atoms with Crippen LogP contribution in [0.5, 0.6) is 0 Å². The normalized spacial score (nSPS) is 13.7. The third-order valence-corrected chi connectivity index (χ3v) is 5.47. The molecular formula is C28H34F3N5O. The van der Waals surface area contributed by atoms with E-state index in [2.05, 4.69) is 15.4 Å². The molecule has 0 saturated heterocycles. The Balaban J connectivity index is 0.00000235. The lowest BCUT2D eigenvalue weighted by atomic mass is 10.1. The Labute approximate surface area is 216 Å². The van der Waals surface area contributed by atoms with Crippen LogP contribution in [0.15, 0.2) is 77.3 Å². The number of likely N-dealkylation sites (N-methyl/N-ethyl adjacent to an activating group) is 1. The van der Waals surface area contributed by atoms with Crippen LogP contribution in [0.25, 0.3) is 0 Å². The summed E-state index contributed by atoms with van der Waals surface area (Å²) < 4.78 is 41.1. The summed E-state index contributed by atoms with van der Waals surface area (Å²) in [6, 6.07) is 8.21. The van der Waals surface area contributed by atoms with E-state index in [1.807, 2.05) is 64.1 Å². The van der Waals surface area contributed by atoms with Crippen LogP contribution in [0.2, 0.25) is 0 Å². The van der Waals surface area contributed by atoms with Gasteiger partial charge in [-0.05, 0) is 74.0 Å². The molecule has 0 aliphatic carbocycles. The number of hydrazone groups is 1. The maximum atomic E-state index is 13.7. The number of anilines is 2. The van der Waals surface area contributed by atoms with E-state index in [4.69, 9.17) is 0 Å². The molecule has 1 aliphatic heterocycles. The number of nitrogens with one attached hydrogen (secondary N) is 1. The molecular weight excluding hydrogens is 479 g/mol. The Bertz CT molecular complexity index is 1180. The van der Waals surface area contributed by atoms with Gasteiger partial charge in [-0.15, -0.1) is 0 Å². The highest BCUT2D eigenvalue weighted by molar-refractivity contribution is 6.04. The molecule has 2 heterocycles. The lowest BCUT2D eigenvalue weighted by Gasteiger charge is -2.24. The fourth-order valence-corrected chi connectivity index (χ4v) is 3.45. The van der Waals surface area contributed by atoms with E-state index in [-0.39, 0.29) is 17.4 Å². The molecule has 1 aliphatic rings. The van der Waals surface area contributed by atoms with Gasteiger partial charge >= 0.3 is 6.18 Å².